The number of aliphatic hydroxyl groups excluding tert-OH is 2. The van der Waals surface area contributed by atoms with Crippen LogP contribution in [0.2, 0.25) is 0 Å². The van der Waals surface area contributed by atoms with E-state index in [4.69, 9.17) is 19.0 Å². The summed E-state index contributed by atoms with van der Waals surface area (Å²) in [7, 11) is 1.51. The van der Waals surface area contributed by atoms with Gasteiger partial charge in [-0.2, -0.15) is 0 Å². The first-order valence-corrected chi connectivity index (χ1v) is 19.4. The minimum absolute atomic E-state index is 0.0188. The second-order valence-electron chi connectivity index (χ2n) is 14.7. The lowest BCUT2D eigenvalue weighted by Crippen LogP contribution is -2.70. The zero-order chi connectivity index (χ0) is 38.2. The highest BCUT2D eigenvalue weighted by atomic mass is 19.1. The highest BCUT2D eigenvalue weighted by molar-refractivity contribution is 6.03. The summed E-state index contributed by atoms with van der Waals surface area (Å²) in [5, 5.41) is 26.9. The third-order valence-corrected chi connectivity index (χ3v) is 11.2. The van der Waals surface area contributed by atoms with Crippen LogP contribution in [0.1, 0.15) is 81.8 Å². The molecular formula is C42H54FN3O8. The summed E-state index contributed by atoms with van der Waals surface area (Å²) in [6, 6.07) is 10.9. The molecule has 3 N–H and O–H groups in total. The van der Waals surface area contributed by atoms with E-state index in [9.17, 15) is 24.2 Å². The Morgan fingerprint density at radius 2 is 1.83 bits per heavy atom. The van der Waals surface area contributed by atoms with Gasteiger partial charge in [0.25, 0.3) is 0 Å². The summed E-state index contributed by atoms with van der Waals surface area (Å²) in [6.07, 6.45) is 9.68. The Kier molecular flexibility index (Phi) is 13.1. The summed E-state index contributed by atoms with van der Waals surface area (Å²) >= 11 is 0. The molecule has 2 aromatic carbocycles. The van der Waals surface area contributed by atoms with E-state index in [0.717, 1.165) is 55.2 Å². The van der Waals surface area contributed by atoms with Gasteiger partial charge in [-0.25, -0.2) is 9.18 Å². The van der Waals surface area contributed by atoms with Crippen molar-refractivity contribution in [1.29, 1.82) is 0 Å². The number of allylic oxidation sites excluding steroid dienone is 1. The molecule has 4 aliphatic rings. The molecule has 3 aliphatic carbocycles. The number of hydrogen-bond donors (Lipinski definition) is 3. The van der Waals surface area contributed by atoms with Crippen molar-refractivity contribution in [3.05, 3.63) is 83.7 Å². The van der Waals surface area contributed by atoms with Crippen LogP contribution < -0.4 is 14.8 Å². The maximum absolute atomic E-state index is 14.5. The van der Waals surface area contributed by atoms with Crippen molar-refractivity contribution < 1.29 is 43.2 Å². The molecule has 1 aliphatic heterocycles. The van der Waals surface area contributed by atoms with Crippen molar-refractivity contribution in [2.75, 3.05) is 33.5 Å². The molecule has 0 spiro atoms. The van der Waals surface area contributed by atoms with Gasteiger partial charge in [0.1, 0.15) is 30.5 Å². The van der Waals surface area contributed by atoms with Gasteiger partial charge in [-0.3, -0.25) is 4.79 Å². The molecule has 2 fully saturated rings. The van der Waals surface area contributed by atoms with Crippen LogP contribution in [0.4, 0.5) is 9.18 Å². The number of rotatable bonds is 18. The summed E-state index contributed by atoms with van der Waals surface area (Å²) in [5.74, 6) is -1.69. The van der Waals surface area contributed by atoms with Gasteiger partial charge in [0, 0.05) is 50.1 Å². The number of hydrogen-bond acceptors (Lipinski definition) is 9. The fourth-order valence-electron chi connectivity index (χ4n) is 8.80. The molecule has 292 valence electrons. The zero-order valence-electron chi connectivity index (χ0n) is 31.4. The van der Waals surface area contributed by atoms with E-state index in [1.807, 2.05) is 24.0 Å². The largest absolute Gasteiger partial charge is 0.459 e. The second kappa shape index (κ2) is 17.9. The Labute approximate surface area is 317 Å². The molecule has 0 saturated heterocycles. The number of ether oxygens (including phenoxy) is 3. The summed E-state index contributed by atoms with van der Waals surface area (Å²) < 4.78 is 34.0. The van der Waals surface area contributed by atoms with Crippen molar-refractivity contribution in [3.8, 4) is 11.5 Å². The number of nitrogens with zero attached hydrogens (tertiary/aromatic N) is 2. The topological polar surface area (TPSA) is 139 Å². The number of carbonyl (C=O) groups is 2. The third kappa shape index (κ3) is 8.35. The van der Waals surface area contributed by atoms with E-state index < -0.39 is 23.8 Å². The Hall–Kier alpha value is -4.26. The molecule has 6 unspecified atom stereocenters. The monoisotopic (exact) mass is 747 g/mol. The number of benzene rings is 2. The molecule has 12 heteroatoms. The lowest BCUT2D eigenvalue weighted by Gasteiger charge is -2.60. The minimum Gasteiger partial charge on any atom is -0.459 e. The van der Waals surface area contributed by atoms with E-state index in [0.29, 0.717) is 36.6 Å². The number of oxime groups is 1. The van der Waals surface area contributed by atoms with Gasteiger partial charge in [-0.15, -0.1) is 6.58 Å². The van der Waals surface area contributed by atoms with Crippen molar-refractivity contribution in [1.82, 2.24) is 10.2 Å². The van der Waals surface area contributed by atoms with Crippen LogP contribution in [0.5, 0.6) is 11.5 Å². The van der Waals surface area contributed by atoms with Crippen LogP contribution in [0.3, 0.4) is 0 Å². The molecule has 1 heterocycles. The highest BCUT2D eigenvalue weighted by Crippen LogP contribution is 2.62. The number of unbranched alkanes of at least 4 members (excludes halogenated alkanes) is 2. The summed E-state index contributed by atoms with van der Waals surface area (Å²) in [6.45, 7) is 6.71. The van der Waals surface area contributed by atoms with Crippen LogP contribution in [0.15, 0.2) is 71.9 Å². The summed E-state index contributed by atoms with van der Waals surface area (Å²) in [4.78, 5) is 34.5. The van der Waals surface area contributed by atoms with Crippen molar-refractivity contribution >= 4 is 17.7 Å². The molecule has 0 radical (unpaired) electrons. The molecule has 2 amide bonds. The quantitative estimate of drug-likeness (QED) is 0.0878. The van der Waals surface area contributed by atoms with E-state index in [1.165, 1.54) is 19.2 Å². The van der Waals surface area contributed by atoms with Crippen LogP contribution in [0.25, 0.3) is 0 Å². The molecule has 0 aromatic heterocycles. The molecule has 6 atom stereocenters. The molecule has 2 aromatic rings. The Balaban J connectivity index is 1.58. The van der Waals surface area contributed by atoms with Gasteiger partial charge in [0.05, 0.1) is 18.2 Å². The first-order chi connectivity index (χ1) is 26.3. The standard InChI is InChI=1S/C42H54FN3O8/c1-4-22-52-42-37(46(40(49)28-14-15-28)26-27-12-16-30(43)17-13-27)25-35(45-51-3)33-23-29(10-6-8-20-47)32(11-7-9-21-48)38(39(33)42)34-24-31(18-19-36(34)54-42)53-41(50)44-5-2/h4,12-13,16-19,23-24,28-29,32,37-39,47-48H,1,5-11,14-15,20-22,25-26H2,2-3H3,(H,44,50). The molecule has 6 rings (SSSR count). The predicted molar refractivity (Wildman–Crippen MR) is 201 cm³/mol. The maximum Gasteiger partial charge on any atom is 0.412 e. The normalized spacial score (nSPS) is 26.1. The minimum atomic E-state index is -1.41. The SMILES string of the molecule is C=CCOC12Oc3ccc(OC(=O)NCC)cc3C3C(CCCCO)C(CCCCO)C=C(C(=NOC)CC1N(Cc1ccc(F)cc1)C(=O)C1CC1)C32. The first-order valence-electron chi connectivity index (χ1n) is 19.4. The van der Waals surface area contributed by atoms with Crippen molar-refractivity contribution in [2.45, 2.75) is 89.0 Å². The lowest BCUT2D eigenvalue weighted by molar-refractivity contribution is -0.258. The number of halogens is 1. The van der Waals surface area contributed by atoms with Crippen LogP contribution in [-0.4, -0.2) is 78.1 Å². The van der Waals surface area contributed by atoms with E-state index >= 15 is 0 Å². The van der Waals surface area contributed by atoms with Crippen LogP contribution in [-0.2, 0) is 20.9 Å². The lowest BCUT2D eigenvalue weighted by atomic mass is 9.55. The number of amides is 2. The third-order valence-electron chi connectivity index (χ3n) is 11.2. The zero-order valence-corrected chi connectivity index (χ0v) is 31.4. The van der Waals surface area contributed by atoms with E-state index in [1.54, 1.807) is 24.3 Å². The molecule has 11 nitrogen and oxygen atoms in total. The molecule has 2 saturated carbocycles. The number of aliphatic hydroxyl groups is 2. The first kappa shape index (κ1) is 39.4. The predicted octanol–water partition coefficient (Wildman–Crippen LogP) is 6.64. The van der Waals surface area contributed by atoms with Crippen molar-refractivity contribution in [2.24, 2.45) is 28.8 Å². The van der Waals surface area contributed by atoms with Crippen LogP contribution in [0, 0.1) is 29.5 Å². The van der Waals surface area contributed by atoms with E-state index in [-0.39, 0.29) is 68.2 Å². The maximum atomic E-state index is 14.5. The number of nitrogens with one attached hydrogen (secondary N) is 1. The van der Waals surface area contributed by atoms with Gasteiger partial charge >= 0.3 is 6.09 Å². The molecule has 0 bridgehead atoms. The number of fused-ring (bicyclic) bond motifs is 2. The fourth-order valence-corrected chi connectivity index (χ4v) is 8.80. The Morgan fingerprint density at radius 3 is 2.50 bits per heavy atom. The van der Waals surface area contributed by atoms with E-state index in [2.05, 4.69) is 23.1 Å². The van der Waals surface area contributed by atoms with Crippen LogP contribution >= 0.6 is 0 Å². The molecule has 54 heavy (non-hydrogen) atoms. The number of carbonyl (C=O) groups excluding carboxylic acids is 2. The van der Waals surface area contributed by atoms with Gasteiger partial charge in [-0.05, 0) is 98.8 Å². The fraction of sp³-hybridized carbons (Fsp3) is 0.548. The molecular weight excluding hydrogens is 693 g/mol. The smallest absolute Gasteiger partial charge is 0.412 e. The second-order valence-corrected chi connectivity index (χ2v) is 14.7. The average molecular weight is 748 g/mol. The Morgan fingerprint density at radius 1 is 1.09 bits per heavy atom. The average Bonchev–Trinajstić information content (AvgIpc) is 4.02. The van der Waals surface area contributed by atoms with Gasteiger partial charge in [0.15, 0.2) is 0 Å². The Bertz CT molecular complexity index is 1690. The van der Waals surface area contributed by atoms with Gasteiger partial charge in [0.2, 0.25) is 11.7 Å². The highest BCUT2D eigenvalue weighted by Gasteiger charge is 2.66. The van der Waals surface area contributed by atoms with Crippen molar-refractivity contribution in [3.63, 3.8) is 0 Å². The summed E-state index contributed by atoms with van der Waals surface area (Å²) in [5.41, 5.74) is 3.22. The van der Waals surface area contributed by atoms with Gasteiger partial charge in [-0.1, -0.05) is 42.3 Å². The van der Waals surface area contributed by atoms with Gasteiger partial charge < -0.3 is 39.5 Å².